The molecule has 0 aliphatic rings. The van der Waals surface area contributed by atoms with Crippen LogP contribution in [0.2, 0.25) is 0 Å². The van der Waals surface area contributed by atoms with Gasteiger partial charge in [0.15, 0.2) is 0 Å². The quantitative estimate of drug-likeness (QED) is 0.848. The van der Waals surface area contributed by atoms with Gasteiger partial charge >= 0.3 is 0 Å². The van der Waals surface area contributed by atoms with Gasteiger partial charge in [0, 0.05) is 30.0 Å². The minimum atomic E-state index is 0.357. The SMILES string of the molecule is CCc1cc(N(Cc2cccc(N)c2)C(C)C)ncn1. The number of benzene rings is 1. The fraction of sp³-hybridized carbons (Fsp3) is 0.375. The van der Waals surface area contributed by atoms with Crippen LogP contribution in [0.15, 0.2) is 36.7 Å². The lowest BCUT2D eigenvalue weighted by atomic mass is 10.1. The molecule has 0 saturated carbocycles. The lowest BCUT2D eigenvalue weighted by molar-refractivity contribution is 0.670. The van der Waals surface area contributed by atoms with E-state index in [2.05, 4.69) is 47.8 Å². The zero-order valence-electron chi connectivity index (χ0n) is 12.4. The fourth-order valence-electron chi connectivity index (χ4n) is 2.15. The van der Waals surface area contributed by atoms with E-state index in [-0.39, 0.29) is 0 Å². The van der Waals surface area contributed by atoms with E-state index in [1.807, 2.05) is 18.2 Å². The molecule has 0 fully saturated rings. The van der Waals surface area contributed by atoms with Crippen LogP contribution in [0.3, 0.4) is 0 Å². The molecule has 0 aliphatic carbocycles. The van der Waals surface area contributed by atoms with Crippen molar-refractivity contribution in [2.75, 3.05) is 10.6 Å². The Morgan fingerprint density at radius 2 is 2.00 bits per heavy atom. The summed E-state index contributed by atoms with van der Waals surface area (Å²) in [7, 11) is 0. The minimum Gasteiger partial charge on any atom is -0.399 e. The molecule has 2 rings (SSSR count). The second-order valence-corrected chi connectivity index (χ2v) is 5.19. The Morgan fingerprint density at radius 1 is 1.20 bits per heavy atom. The van der Waals surface area contributed by atoms with Crippen LogP contribution < -0.4 is 10.6 Å². The van der Waals surface area contributed by atoms with Crippen molar-refractivity contribution in [2.24, 2.45) is 0 Å². The number of nitrogens with two attached hydrogens (primary N) is 1. The van der Waals surface area contributed by atoms with Gasteiger partial charge in [0.2, 0.25) is 0 Å². The third-order valence-electron chi connectivity index (χ3n) is 3.29. The fourth-order valence-corrected chi connectivity index (χ4v) is 2.15. The molecule has 0 aliphatic heterocycles. The Bertz CT molecular complexity index is 566. The van der Waals surface area contributed by atoms with Crippen LogP contribution in [0.1, 0.15) is 32.0 Å². The van der Waals surface area contributed by atoms with Gasteiger partial charge in [-0.1, -0.05) is 19.1 Å². The summed E-state index contributed by atoms with van der Waals surface area (Å²) in [6.45, 7) is 7.23. The lowest BCUT2D eigenvalue weighted by Gasteiger charge is -2.28. The Hall–Kier alpha value is -2.10. The van der Waals surface area contributed by atoms with Gasteiger partial charge in [-0.2, -0.15) is 0 Å². The normalized spacial score (nSPS) is 10.8. The Kier molecular flexibility index (Phi) is 4.56. The molecule has 2 aromatic rings. The maximum atomic E-state index is 5.85. The molecule has 0 radical (unpaired) electrons. The highest BCUT2D eigenvalue weighted by molar-refractivity contribution is 5.45. The molecule has 1 heterocycles. The molecule has 0 saturated heterocycles. The number of rotatable bonds is 5. The van der Waals surface area contributed by atoms with Gasteiger partial charge in [-0.25, -0.2) is 9.97 Å². The summed E-state index contributed by atoms with van der Waals surface area (Å²) >= 11 is 0. The number of nitrogens with zero attached hydrogens (tertiary/aromatic N) is 3. The third kappa shape index (κ3) is 3.47. The smallest absolute Gasteiger partial charge is 0.132 e. The number of aromatic nitrogens is 2. The molecule has 1 aromatic carbocycles. The molecular formula is C16H22N4. The summed E-state index contributed by atoms with van der Waals surface area (Å²) in [6, 6.07) is 10.4. The van der Waals surface area contributed by atoms with E-state index in [0.29, 0.717) is 6.04 Å². The summed E-state index contributed by atoms with van der Waals surface area (Å²) in [5.74, 6) is 0.967. The van der Waals surface area contributed by atoms with Crippen molar-refractivity contribution in [3.05, 3.63) is 47.9 Å². The highest BCUT2D eigenvalue weighted by Gasteiger charge is 2.13. The molecular weight excluding hydrogens is 248 g/mol. The molecule has 2 N–H and O–H groups in total. The van der Waals surface area contributed by atoms with E-state index in [1.54, 1.807) is 6.33 Å². The van der Waals surface area contributed by atoms with Crippen molar-refractivity contribution in [3.8, 4) is 0 Å². The summed E-state index contributed by atoms with van der Waals surface area (Å²) in [5.41, 5.74) is 8.90. The molecule has 0 amide bonds. The number of anilines is 2. The van der Waals surface area contributed by atoms with Crippen molar-refractivity contribution in [3.63, 3.8) is 0 Å². The average Bonchev–Trinajstić information content (AvgIpc) is 2.44. The molecule has 4 heteroatoms. The van der Waals surface area contributed by atoms with E-state index in [9.17, 15) is 0 Å². The third-order valence-corrected chi connectivity index (χ3v) is 3.29. The van der Waals surface area contributed by atoms with Crippen molar-refractivity contribution in [1.82, 2.24) is 9.97 Å². The monoisotopic (exact) mass is 270 g/mol. The number of hydrogen-bond acceptors (Lipinski definition) is 4. The summed E-state index contributed by atoms with van der Waals surface area (Å²) in [4.78, 5) is 10.9. The van der Waals surface area contributed by atoms with Gasteiger partial charge in [-0.15, -0.1) is 0 Å². The molecule has 0 spiro atoms. The predicted molar refractivity (Wildman–Crippen MR) is 83.6 cm³/mol. The van der Waals surface area contributed by atoms with Gasteiger partial charge in [-0.3, -0.25) is 0 Å². The van der Waals surface area contributed by atoms with Crippen molar-refractivity contribution >= 4 is 11.5 Å². The van der Waals surface area contributed by atoms with Crippen LogP contribution >= 0.6 is 0 Å². The summed E-state index contributed by atoms with van der Waals surface area (Å²) < 4.78 is 0. The van der Waals surface area contributed by atoms with Crippen molar-refractivity contribution in [2.45, 2.75) is 39.8 Å². The van der Waals surface area contributed by atoms with E-state index >= 15 is 0 Å². The van der Waals surface area contributed by atoms with Gasteiger partial charge < -0.3 is 10.6 Å². The summed E-state index contributed by atoms with van der Waals surface area (Å²) in [6.07, 6.45) is 2.56. The Morgan fingerprint density at radius 3 is 2.65 bits per heavy atom. The standard InChI is InChI=1S/C16H22N4/c1-4-15-9-16(19-11-18-15)20(12(2)3)10-13-6-5-7-14(17)8-13/h5-9,11-12H,4,10,17H2,1-3H3. The number of hydrogen-bond donors (Lipinski definition) is 1. The second kappa shape index (κ2) is 6.37. The van der Waals surface area contributed by atoms with Gasteiger partial charge in [0.05, 0.1) is 0 Å². The zero-order chi connectivity index (χ0) is 14.5. The molecule has 4 nitrogen and oxygen atoms in total. The highest BCUT2D eigenvalue weighted by Crippen LogP contribution is 2.19. The van der Waals surface area contributed by atoms with Crippen LogP contribution in [0, 0.1) is 0 Å². The second-order valence-electron chi connectivity index (χ2n) is 5.19. The number of aryl methyl sites for hydroxylation is 1. The zero-order valence-corrected chi connectivity index (χ0v) is 12.4. The topological polar surface area (TPSA) is 55.0 Å². The molecule has 106 valence electrons. The summed E-state index contributed by atoms with van der Waals surface area (Å²) in [5, 5.41) is 0. The first-order valence-corrected chi connectivity index (χ1v) is 7.02. The first-order valence-electron chi connectivity index (χ1n) is 7.02. The van der Waals surface area contributed by atoms with E-state index < -0.39 is 0 Å². The molecule has 0 bridgehead atoms. The first kappa shape index (κ1) is 14.3. The average molecular weight is 270 g/mol. The molecule has 0 unspecified atom stereocenters. The van der Waals surface area contributed by atoms with E-state index in [1.165, 1.54) is 5.56 Å². The van der Waals surface area contributed by atoms with Crippen LogP contribution in [-0.4, -0.2) is 16.0 Å². The van der Waals surface area contributed by atoms with Gasteiger partial charge in [0.25, 0.3) is 0 Å². The largest absolute Gasteiger partial charge is 0.399 e. The highest BCUT2D eigenvalue weighted by atomic mass is 15.2. The Balaban J connectivity index is 2.27. The molecule has 0 atom stereocenters. The lowest BCUT2D eigenvalue weighted by Crippen LogP contribution is -2.31. The van der Waals surface area contributed by atoms with Gasteiger partial charge in [0.1, 0.15) is 12.1 Å². The number of nitrogen functional groups attached to an aromatic ring is 1. The maximum Gasteiger partial charge on any atom is 0.132 e. The van der Waals surface area contributed by atoms with Crippen LogP contribution in [0.25, 0.3) is 0 Å². The van der Waals surface area contributed by atoms with E-state index in [0.717, 1.165) is 30.2 Å². The minimum absolute atomic E-state index is 0.357. The van der Waals surface area contributed by atoms with Crippen LogP contribution in [0.5, 0.6) is 0 Å². The molecule has 20 heavy (non-hydrogen) atoms. The van der Waals surface area contributed by atoms with Crippen molar-refractivity contribution < 1.29 is 0 Å². The van der Waals surface area contributed by atoms with Crippen LogP contribution in [-0.2, 0) is 13.0 Å². The van der Waals surface area contributed by atoms with Gasteiger partial charge in [-0.05, 0) is 38.0 Å². The maximum absolute atomic E-state index is 5.85. The Labute approximate surface area is 120 Å². The first-order chi connectivity index (χ1) is 9.60. The van der Waals surface area contributed by atoms with Crippen molar-refractivity contribution in [1.29, 1.82) is 0 Å². The van der Waals surface area contributed by atoms with E-state index in [4.69, 9.17) is 5.73 Å². The molecule has 1 aromatic heterocycles. The predicted octanol–water partition coefficient (Wildman–Crippen LogP) is 3.04. The van der Waals surface area contributed by atoms with Crippen LogP contribution in [0.4, 0.5) is 11.5 Å².